The molecule has 2 heterocycles. The fourth-order valence-corrected chi connectivity index (χ4v) is 3.96. The summed E-state index contributed by atoms with van der Waals surface area (Å²) in [6.07, 6.45) is 5.74. The fraction of sp³-hybridized carbons (Fsp3) is 0.136. The van der Waals surface area contributed by atoms with E-state index in [0.29, 0.717) is 27.7 Å². The molecule has 0 aliphatic rings. The smallest absolute Gasteiger partial charge is 0.254 e. The Labute approximate surface area is 178 Å². The SMILES string of the molecule is C[C@H](NC(=O)c1cncc2c1cnn2-c1ccc(F)cc1)c1cccc(S(C)(=O)=O)c1. The van der Waals surface area contributed by atoms with E-state index >= 15 is 0 Å². The molecule has 4 rings (SSSR count). The topological polar surface area (TPSA) is 93.9 Å². The Hall–Kier alpha value is -3.59. The van der Waals surface area contributed by atoms with Crippen LogP contribution in [0.4, 0.5) is 4.39 Å². The fourth-order valence-electron chi connectivity index (χ4n) is 3.28. The normalized spacial score (nSPS) is 12.6. The van der Waals surface area contributed by atoms with E-state index in [9.17, 15) is 17.6 Å². The van der Waals surface area contributed by atoms with Gasteiger partial charge in [-0.2, -0.15) is 5.10 Å². The second-order valence-electron chi connectivity index (χ2n) is 7.19. The summed E-state index contributed by atoms with van der Waals surface area (Å²) in [5, 5.41) is 7.79. The Morgan fingerprint density at radius 2 is 1.84 bits per heavy atom. The van der Waals surface area contributed by atoms with Gasteiger partial charge in [-0.05, 0) is 48.9 Å². The third kappa shape index (κ3) is 4.17. The van der Waals surface area contributed by atoms with Gasteiger partial charge in [0, 0.05) is 17.8 Å². The third-order valence-electron chi connectivity index (χ3n) is 4.95. The standard InChI is InChI=1S/C22H19FN4O3S/c1-14(15-4-3-5-18(10-15)31(2,29)30)26-22(28)20-11-24-13-21-19(20)12-25-27(21)17-8-6-16(23)7-9-17/h3-14H,1-2H3,(H,26,28)/t14-/m0/s1. The lowest BCUT2D eigenvalue weighted by atomic mass is 10.1. The molecule has 0 radical (unpaired) electrons. The molecule has 0 aliphatic carbocycles. The van der Waals surface area contributed by atoms with E-state index in [0.717, 1.165) is 6.26 Å². The lowest BCUT2D eigenvalue weighted by Crippen LogP contribution is -2.27. The molecule has 1 atom stereocenters. The van der Waals surface area contributed by atoms with Crippen molar-refractivity contribution in [2.75, 3.05) is 6.26 Å². The van der Waals surface area contributed by atoms with E-state index in [-0.39, 0.29) is 16.6 Å². The van der Waals surface area contributed by atoms with Crippen molar-refractivity contribution in [3.8, 4) is 5.69 Å². The zero-order valence-corrected chi connectivity index (χ0v) is 17.6. The van der Waals surface area contributed by atoms with Crippen LogP contribution in [0.15, 0.2) is 72.0 Å². The van der Waals surface area contributed by atoms with Crippen LogP contribution in [0.5, 0.6) is 0 Å². The summed E-state index contributed by atoms with van der Waals surface area (Å²) >= 11 is 0. The number of benzene rings is 2. The van der Waals surface area contributed by atoms with Crippen LogP contribution in [0, 0.1) is 5.82 Å². The molecule has 31 heavy (non-hydrogen) atoms. The molecule has 0 saturated heterocycles. The summed E-state index contributed by atoms with van der Waals surface area (Å²) in [6, 6.07) is 11.9. The van der Waals surface area contributed by atoms with Gasteiger partial charge in [-0.15, -0.1) is 0 Å². The van der Waals surface area contributed by atoms with Crippen LogP contribution < -0.4 is 5.32 Å². The van der Waals surface area contributed by atoms with E-state index < -0.39 is 15.9 Å². The summed E-state index contributed by atoms with van der Waals surface area (Å²) in [5.41, 5.74) is 2.24. The number of nitrogens with zero attached hydrogens (tertiary/aromatic N) is 3. The van der Waals surface area contributed by atoms with Crippen molar-refractivity contribution in [2.45, 2.75) is 17.9 Å². The number of carbonyl (C=O) groups is 1. The summed E-state index contributed by atoms with van der Waals surface area (Å²) in [6.45, 7) is 1.77. The molecule has 0 unspecified atom stereocenters. The van der Waals surface area contributed by atoms with Gasteiger partial charge in [-0.25, -0.2) is 17.5 Å². The maximum atomic E-state index is 13.2. The van der Waals surface area contributed by atoms with Crippen LogP contribution >= 0.6 is 0 Å². The van der Waals surface area contributed by atoms with Gasteiger partial charge < -0.3 is 5.32 Å². The van der Waals surface area contributed by atoms with Crippen molar-refractivity contribution >= 4 is 26.6 Å². The second kappa shape index (κ2) is 7.92. The van der Waals surface area contributed by atoms with Crippen LogP contribution in [0.1, 0.15) is 28.9 Å². The highest BCUT2D eigenvalue weighted by Crippen LogP contribution is 2.23. The average molecular weight is 438 g/mol. The van der Waals surface area contributed by atoms with Crippen molar-refractivity contribution in [1.82, 2.24) is 20.1 Å². The Morgan fingerprint density at radius 3 is 2.55 bits per heavy atom. The van der Waals surface area contributed by atoms with Gasteiger partial charge in [-0.1, -0.05) is 12.1 Å². The number of fused-ring (bicyclic) bond motifs is 1. The molecule has 1 amide bonds. The van der Waals surface area contributed by atoms with E-state index in [1.807, 2.05) is 0 Å². The predicted octanol–water partition coefficient (Wildman–Crippen LogP) is 3.45. The molecular formula is C22H19FN4O3S. The number of halogens is 1. The zero-order valence-electron chi connectivity index (χ0n) is 16.8. The Kier molecular flexibility index (Phi) is 5.28. The van der Waals surface area contributed by atoms with Crippen molar-refractivity contribution < 1.29 is 17.6 Å². The number of sulfone groups is 1. The number of hydrogen-bond donors (Lipinski definition) is 1. The minimum Gasteiger partial charge on any atom is -0.345 e. The first-order valence-electron chi connectivity index (χ1n) is 9.42. The highest BCUT2D eigenvalue weighted by molar-refractivity contribution is 7.90. The Balaban J connectivity index is 1.63. The van der Waals surface area contributed by atoms with E-state index in [1.54, 1.807) is 54.3 Å². The molecule has 0 saturated carbocycles. The summed E-state index contributed by atoms with van der Waals surface area (Å²) in [5.74, 6) is -0.721. The summed E-state index contributed by atoms with van der Waals surface area (Å²) in [7, 11) is -3.35. The Morgan fingerprint density at radius 1 is 1.10 bits per heavy atom. The lowest BCUT2D eigenvalue weighted by molar-refractivity contribution is 0.0941. The quantitative estimate of drug-likeness (QED) is 0.515. The largest absolute Gasteiger partial charge is 0.345 e. The number of carbonyl (C=O) groups excluding carboxylic acids is 1. The molecule has 7 nitrogen and oxygen atoms in total. The highest BCUT2D eigenvalue weighted by Gasteiger charge is 2.18. The lowest BCUT2D eigenvalue weighted by Gasteiger charge is -2.15. The molecule has 2 aromatic carbocycles. The molecule has 0 aliphatic heterocycles. The number of nitrogens with one attached hydrogen (secondary N) is 1. The average Bonchev–Trinajstić information content (AvgIpc) is 3.18. The van der Waals surface area contributed by atoms with Gasteiger partial charge in [0.2, 0.25) is 0 Å². The third-order valence-corrected chi connectivity index (χ3v) is 6.06. The Bertz CT molecular complexity index is 1380. The maximum absolute atomic E-state index is 13.2. The molecule has 2 aromatic heterocycles. The maximum Gasteiger partial charge on any atom is 0.254 e. The van der Waals surface area contributed by atoms with Crippen molar-refractivity contribution in [1.29, 1.82) is 0 Å². The van der Waals surface area contributed by atoms with Crippen molar-refractivity contribution in [3.63, 3.8) is 0 Å². The number of aromatic nitrogens is 3. The van der Waals surface area contributed by atoms with Gasteiger partial charge in [0.25, 0.3) is 5.91 Å². The monoisotopic (exact) mass is 438 g/mol. The number of rotatable bonds is 5. The zero-order chi connectivity index (χ0) is 22.2. The van der Waals surface area contributed by atoms with Gasteiger partial charge in [0.1, 0.15) is 5.82 Å². The number of hydrogen-bond acceptors (Lipinski definition) is 5. The van der Waals surface area contributed by atoms with Gasteiger partial charge in [0.05, 0.1) is 40.1 Å². The van der Waals surface area contributed by atoms with E-state index in [2.05, 4.69) is 15.4 Å². The van der Waals surface area contributed by atoms with Crippen molar-refractivity contribution in [3.05, 3.63) is 84.1 Å². The van der Waals surface area contributed by atoms with Crippen LogP contribution in [0.3, 0.4) is 0 Å². The summed E-state index contributed by atoms with van der Waals surface area (Å²) < 4.78 is 38.4. The van der Waals surface area contributed by atoms with Gasteiger partial charge in [0.15, 0.2) is 9.84 Å². The minimum absolute atomic E-state index is 0.190. The molecule has 1 N–H and O–H groups in total. The molecule has 158 valence electrons. The van der Waals surface area contributed by atoms with Gasteiger partial charge >= 0.3 is 0 Å². The molecule has 0 fully saturated rings. The molecular weight excluding hydrogens is 419 g/mol. The highest BCUT2D eigenvalue weighted by atomic mass is 32.2. The molecule has 0 spiro atoms. The number of pyridine rings is 1. The van der Waals surface area contributed by atoms with E-state index in [1.165, 1.54) is 24.4 Å². The number of amides is 1. The van der Waals surface area contributed by atoms with Crippen LogP contribution in [0.2, 0.25) is 0 Å². The molecule has 4 aromatic rings. The van der Waals surface area contributed by atoms with Crippen LogP contribution in [-0.2, 0) is 9.84 Å². The molecule has 9 heteroatoms. The first-order valence-corrected chi connectivity index (χ1v) is 11.3. The molecule has 0 bridgehead atoms. The minimum atomic E-state index is -3.35. The van der Waals surface area contributed by atoms with E-state index in [4.69, 9.17) is 0 Å². The summed E-state index contributed by atoms with van der Waals surface area (Å²) in [4.78, 5) is 17.3. The predicted molar refractivity (Wildman–Crippen MR) is 114 cm³/mol. The second-order valence-corrected chi connectivity index (χ2v) is 9.21. The van der Waals surface area contributed by atoms with Crippen LogP contribution in [-0.4, -0.2) is 35.3 Å². The van der Waals surface area contributed by atoms with Gasteiger partial charge in [-0.3, -0.25) is 9.78 Å². The van der Waals surface area contributed by atoms with Crippen LogP contribution in [0.25, 0.3) is 16.6 Å². The first-order chi connectivity index (χ1) is 14.7. The first kappa shape index (κ1) is 20.7. The van der Waals surface area contributed by atoms with Crippen molar-refractivity contribution in [2.24, 2.45) is 0 Å².